The van der Waals surface area contributed by atoms with Crippen LogP contribution in [0.3, 0.4) is 0 Å². The number of amides is 1. The third kappa shape index (κ3) is 2.93. The third-order valence-corrected chi connectivity index (χ3v) is 3.46. The van der Waals surface area contributed by atoms with E-state index in [2.05, 4.69) is 22.9 Å². The number of halogens is 1. The fraction of sp³-hybridized carbons (Fsp3) is 0.500. The lowest BCUT2D eigenvalue weighted by molar-refractivity contribution is 0.0766. The molecule has 1 aromatic carbocycles. The summed E-state index contributed by atoms with van der Waals surface area (Å²) in [6, 6.07) is 5.89. The van der Waals surface area contributed by atoms with E-state index < -0.39 is 0 Å². The topological polar surface area (TPSA) is 29.5 Å². The molecule has 1 aliphatic heterocycles. The van der Waals surface area contributed by atoms with Crippen molar-refractivity contribution in [2.45, 2.75) is 26.6 Å². The highest BCUT2D eigenvalue weighted by molar-refractivity contribution is 9.09. The van der Waals surface area contributed by atoms with Gasteiger partial charge in [0, 0.05) is 24.0 Å². The summed E-state index contributed by atoms with van der Waals surface area (Å²) in [6.45, 7) is 4.94. The Morgan fingerprint density at radius 1 is 1.33 bits per heavy atom. The van der Waals surface area contributed by atoms with Gasteiger partial charge in [0.05, 0.1) is 13.2 Å². The summed E-state index contributed by atoms with van der Waals surface area (Å²) in [5.41, 5.74) is 3.12. The van der Waals surface area contributed by atoms with E-state index in [1.807, 2.05) is 23.1 Å². The molecule has 4 heteroatoms. The normalized spacial score (nSPS) is 13.4. The minimum Gasteiger partial charge on any atom is -0.372 e. The van der Waals surface area contributed by atoms with Crippen molar-refractivity contribution in [1.82, 2.24) is 4.90 Å². The molecule has 1 aromatic rings. The molecule has 0 fully saturated rings. The molecule has 0 saturated carbocycles. The number of hydrogen-bond acceptors (Lipinski definition) is 2. The molecular weight excluding hydrogens is 294 g/mol. The first-order valence-electron chi connectivity index (χ1n) is 6.31. The van der Waals surface area contributed by atoms with E-state index in [-0.39, 0.29) is 5.91 Å². The van der Waals surface area contributed by atoms with Crippen molar-refractivity contribution in [2.75, 3.05) is 18.4 Å². The molecule has 2 rings (SSSR count). The van der Waals surface area contributed by atoms with E-state index in [1.54, 1.807) is 0 Å². The Morgan fingerprint density at radius 3 is 2.83 bits per heavy atom. The number of benzene rings is 1. The zero-order valence-corrected chi connectivity index (χ0v) is 12.2. The Kier molecular flexibility index (Phi) is 4.78. The van der Waals surface area contributed by atoms with Gasteiger partial charge in [-0.2, -0.15) is 0 Å². The molecule has 1 heterocycles. The molecule has 0 saturated heterocycles. The first kappa shape index (κ1) is 13.6. The summed E-state index contributed by atoms with van der Waals surface area (Å²) in [7, 11) is 0. The molecular formula is C14H18BrNO2. The maximum absolute atomic E-state index is 12.4. The van der Waals surface area contributed by atoms with Crippen LogP contribution in [0.25, 0.3) is 0 Å². The number of nitrogens with zero attached hydrogens (tertiary/aromatic N) is 1. The second-order valence-electron chi connectivity index (χ2n) is 4.46. The number of alkyl halides is 1. The van der Waals surface area contributed by atoms with Gasteiger partial charge in [-0.25, -0.2) is 0 Å². The quantitative estimate of drug-likeness (QED) is 0.782. The largest absolute Gasteiger partial charge is 0.372 e. The lowest BCUT2D eigenvalue weighted by Gasteiger charge is -2.21. The number of ether oxygens (including phenoxy) is 1. The van der Waals surface area contributed by atoms with Gasteiger partial charge in [0.2, 0.25) is 0 Å². The fourth-order valence-corrected chi connectivity index (χ4v) is 2.60. The Bertz CT molecular complexity index is 428. The first-order valence-corrected chi connectivity index (χ1v) is 7.43. The van der Waals surface area contributed by atoms with Crippen LogP contribution >= 0.6 is 15.9 Å². The van der Waals surface area contributed by atoms with Gasteiger partial charge >= 0.3 is 0 Å². The van der Waals surface area contributed by atoms with Crippen LogP contribution in [-0.2, 0) is 18.0 Å². The third-order valence-electron chi connectivity index (χ3n) is 3.10. The van der Waals surface area contributed by atoms with Crippen LogP contribution in [0, 0.1) is 0 Å². The van der Waals surface area contributed by atoms with Gasteiger partial charge < -0.3 is 9.64 Å². The highest BCUT2D eigenvalue weighted by atomic mass is 79.9. The van der Waals surface area contributed by atoms with E-state index in [0.717, 1.165) is 36.0 Å². The zero-order valence-electron chi connectivity index (χ0n) is 10.6. The monoisotopic (exact) mass is 311 g/mol. The van der Waals surface area contributed by atoms with Gasteiger partial charge in [-0.1, -0.05) is 28.9 Å². The molecule has 1 aliphatic rings. The summed E-state index contributed by atoms with van der Waals surface area (Å²) >= 11 is 3.40. The molecule has 0 bridgehead atoms. The summed E-state index contributed by atoms with van der Waals surface area (Å²) in [5, 5.41) is 0.812. The van der Waals surface area contributed by atoms with Crippen LogP contribution < -0.4 is 0 Å². The van der Waals surface area contributed by atoms with Crippen LogP contribution in [0.15, 0.2) is 18.2 Å². The van der Waals surface area contributed by atoms with Gasteiger partial charge in [-0.15, -0.1) is 0 Å². The predicted molar refractivity (Wildman–Crippen MR) is 74.9 cm³/mol. The van der Waals surface area contributed by atoms with Crippen molar-refractivity contribution in [3.05, 3.63) is 34.9 Å². The number of hydrogen-bond donors (Lipinski definition) is 0. The molecule has 0 unspecified atom stereocenters. The Morgan fingerprint density at radius 2 is 2.11 bits per heavy atom. The van der Waals surface area contributed by atoms with Gasteiger partial charge in [0.15, 0.2) is 0 Å². The highest BCUT2D eigenvalue weighted by Crippen LogP contribution is 2.21. The Labute approximate surface area is 116 Å². The standard InChI is InChI=1S/C14H18BrNO2/c1-2-6-16(7-5-15)14(17)11-3-4-12-9-18-10-13(12)8-11/h3-4,8H,2,5-7,9-10H2,1H3. The number of rotatable bonds is 5. The molecule has 1 amide bonds. The second-order valence-corrected chi connectivity index (χ2v) is 5.25. The molecule has 0 N–H and O–H groups in total. The molecule has 0 aliphatic carbocycles. The molecule has 3 nitrogen and oxygen atoms in total. The van der Waals surface area contributed by atoms with Crippen molar-refractivity contribution in [3.63, 3.8) is 0 Å². The average molecular weight is 312 g/mol. The Balaban J connectivity index is 2.16. The summed E-state index contributed by atoms with van der Waals surface area (Å²) in [5.74, 6) is 0.117. The minimum absolute atomic E-state index is 0.117. The second kappa shape index (κ2) is 6.34. The fourth-order valence-electron chi connectivity index (χ4n) is 2.17. The lowest BCUT2D eigenvalue weighted by Crippen LogP contribution is -2.33. The van der Waals surface area contributed by atoms with E-state index in [0.29, 0.717) is 13.2 Å². The molecule has 0 spiro atoms. The van der Waals surface area contributed by atoms with E-state index in [9.17, 15) is 4.79 Å². The molecule has 0 radical (unpaired) electrons. The summed E-state index contributed by atoms with van der Waals surface area (Å²) in [4.78, 5) is 14.3. The van der Waals surface area contributed by atoms with Crippen molar-refractivity contribution < 1.29 is 9.53 Å². The molecule has 0 aromatic heterocycles. The van der Waals surface area contributed by atoms with Gasteiger partial charge in [-0.05, 0) is 29.7 Å². The smallest absolute Gasteiger partial charge is 0.253 e. The van der Waals surface area contributed by atoms with Crippen LogP contribution in [0.5, 0.6) is 0 Å². The maximum Gasteiger partial charge on any atom is 0.253 e. The summed E-state index contributed by atoms with van der Waals surface area (Å²) in [6.07, 6.45) is 0.979. The van der Waals surface area contributed by atoms with E-state index in [4.69, 9.17) is 4.74 Å². The SMILES string of the molecule is CCCN(CCBr)C(=O)c1ccc2c(c1)COC2. The van der Waals surface area contributed by atoms with Gasteiger partial charge in [0.25, 0.3) is 5.91 Å². The number of carbonyl (C=O) groups excluding carboxylic acids is 1. The average Bonchev–Trinajstić information content (AvgIpc) is 2.84. The van der Waals surface area contributed by atoms with Gasteiger partial charge in [0.1, 0.15) is 0 Å². The molecule has 98 valence electrons. The van der Waals surface area contributed by atoms with Gasteiger partial charge in [-0.3, -0.25) is 4.79 Å². The first-order chi connectivity index (χ1) is 8.76. The van der Waals surface area contributed by atoms with Crippen LogP contribution in [0.4, 0.5) is 0 Å². The molecule has 0 atom stereocenters. The van der Waals surface area contributed by atoms with Crippen molar-refractivity contribution >= 4 is 21.8 Å². The predicted octanol–water partition coefficient (Wildman–Crippen LogP) is 2.96. The van der Waals surface area contributed by atoms with Crippen molar-refractivity contribution in [3.8, 4) is 0 Å². The van der Waals surface area contributed by atoms with Crippen LogP contribution in [-0.4, -0.2) is 29.2 Å². The van der Waals surface area contributed by atoms with Crippen LogP contribution in [0.1, 0.15) is 34.8 Å². The number of carbonyl (C=O) groups is 1. The highest BCUT2D eigenvalue weighted by Gasteiger charge is 2.18. The molecule has 18 heavy (non-hydrogen) atoms. The van der Waals surface area contributed by atoms with Crippen LogP contribution in [0.2, 0.25) is 0 Å². The van der Waals surface area contributed by atoms with Crippen molar-refractivity contribution in [1.29, 1.82) is 0 Å². The Hall–Kier alpha value is -0.870. The number of fused-ring (bicyclic) bond motifs is 1. The van der Waals surface area contributed by atoms with E-state index >= 15 is 0 Å². The maximum atomic E-state index is 12.4. The van der Waals surface area contributed by atoms with E-state index in [1.165, 1.54) is 5.56 Å². The minimum atomic E-state index is 0.117. The zero-order chi connectivity index (χ0) is 13.0. The lowest BCUT2D eigenvalue weighted by atomic mass is 10.1. The summed E-state index contributed by atoms with van der Waals surface area (Å²) < 4.78 is 5.37. The van der Waals surface area contributed by atoms with Crippen molar-refractivity contribution in [2.24, 2.45) is 0 Å².